The van der Waals surface area contributed by atoms with Gasteiger partial charge in [0, 0.05) is 12.5 Å². The Kier molecular flexibility index (Phi) is 7.21. The van der Waals surface area contributed by atoms with Crippen LogP contribution in [0.4, 0.5) is 0 Å². The lowest BCUT2D eigenvalue weighted by Crippen LogP contribution is -2.11. The van der Waals surface area contributed by atoms with E-state index in [0.29, 0.717) is 25.9 Å². The summed E-state index contributed by atoms with van der Waals surface area (Å²) in [5.74, 6) is -0.538. The fraction of sp³-hybridized carbons (Fsp3) is 0.533. The van der Waals surface area contributed by atoms with Crippen LogP contribution in [0.15, 0.2) is 21.3 Å². The Morgan fingerprint density at radius 1 is 1.14 bits per heavy atom. The maximum atomic E-state index is 11.7. The van der Waals surface area contributed by atoms with Gasteiger partial charge in [-0.2, -0.15) is 0 Å². The average molecular weight is 296 g/mol. The smallest absolute Gasteiger partial charge is 0.341 e. The summed E-state index contributed by atoms with van der Waals surface area (Å²) in [7, 11) is 0. The molecule has 0 saturated carbocycles. The van der Waals surface area contributed by atoms with Crippen molar-refractivity contribution in [2.45, 2.75) is 39.5 Å². The lowest BCUT2D eigenvalue weighted by Gasteiger charge is -2.06. The van der Waals surface area contributed by atoms with Crippen LogP contribution < -0.4 is 5.63 Å². The van der Waals surface area contributed by atoms with Crippen LogP contribution in [-0.4, -0.2) is 25.2 Å². The van der Waals surface area contributed by atoms with Gasteiger partial charge in [0.05, 0.1) is 18.8 Å². The Hall–Kier alpha value is -2.11. The molecule has 6 nitrogen and oxygen atoms in total. The van der Waals surface area contributed by atoms with E-state index in [0.717, 1.165) is 6.42 Å². The standard InChI is InChI=1S/C15H20O6/c1-3-9-19-13(16)6-4-5-10-20-15(18)12-7-8-14(17)21-11(12)2/h7-8H,3-6,9-10H2,1-2H3. The fourth-order valence-electron chi connectivity index (χ4n) is 1.62. The number of carbonyl (C=O) groups is 2. The van der Waals surface area contributed by atoms with Gasteiger partial charge in [-0.25, -0.2) is 9.59 Å². The molecule has 0 amide bonds. The number of esters is 2. The average Bonchev–Trinajstić information content (AvgIpc) is 2.44. The minimum absolute atomic E-state index is 0.207. The van der Waals surface area contributed by atoms with E-state index >= 15 is 0 Å². The summed E-state index contributed by atoms with van der Waals surface area (Å²) in [6.07, 6.45) is 2.29. The molecule has 1 aromatic rings. The topological polar surface area (TPSA) is 82.8 Å². The Morgan fingerprint density at radius 2 is 1.90 bits per heavy atom. The van der Waals surface area contributed by atoms with E-state index in [4.69, 9.17) is 13.9 Å². The number of hydrogen-bond donors (Lipinski definition) is 0. The summed E-state index contributed by atoms with van der Waals surface area (Å²) >= 11 is 0. The molecular formula is C15H20O6. The van der Waals surface area contributed by atoms with Gasteiger partial charge in [-0.1, -0.05) is 6.92 Å². The first kappa shape index (κ1) is 16.9. The predicted molar refractivity (Wildman–Crippen MR) is 75.1 cm³/mol. The molecule has 0 unspecified atom stereocenters. The SMILES string of the molecule is CCCOC(=O)CCCCOC(=O)c1ccc(=O)oc1C. The Bertz CT molecular complexity index is 531. The highest BCUT2D eigenvalue weighted by atomic mass is 16.5. The summed E-state index contributed by atoms with van der Waals surface area (Å²) in [6.45, 7) is 4.10. The summed E-state index contributed by atoms with van der Waals surface area (Å²) in [5, 5.41) is 0. The highest BCUT2D eigenvalue weighted by Gasteiger charge is 2.12. The molecule has 1 heterocycles. The molecule has 116 valence electrons. The molecule has 0 aromatic carbocycles. The van der Waals surface area contributed by atoms with Crippen LogP contribution in [0.1, 0.15) is 48.7 Å². The van der Waals surface area contributed by atoms with Crippen molar-refractivity contribution >= 4 is 11.9 Å². The second-order valence-electron chi connectivity index (χ2n) is 4.54. The molecule has 0 spiro atoms. The zero-order chi connectivity index (χ0) is 15.7. The third kappa shape index (κ3) is 6.25. The van der Waals surface area contributed by atoms with Crippen LogP contribution in [0.25, 0.3) is 0 Å². The van der Waals surface area contributed by atoms with E-state index in [-0.39, 0.29) is 23.9 Å². The van der Waals surface area contributed by atoms with Crippen molar-refractivity contribution in [2.24, 2.45) is 0 Å². The number of aryl methyl sites for hydroxylation is 1. The predicted octanol–water partition coefficient (Wildman–Crippen LogP) is 2.23. The second kappa shape index (κ2) is 8.94. The molecule has 21 heavy (non-hydrogen) atoms. The van der Waals surface area contributed by atoms with E-state index in [9.17, 15) is 14.4 Å². The normalized spacial score (nSPS) is 10.2. The fourth-order valence-corrected chi connectivity index (χ4v) is 1.62. The quantitative estimate of drug-likeness (QED) is 0.540. The van der Waals surface area contributed by atoms with Gasteiger partial charge in [0.2, 0.25) is 0 Å². The molecule has 0 aliphatic heterocycles. The van der Waals surface area contributed by atoms with Crippen LogP contribution in [0, 0.1) is 6.92 Å². The maximum absolute atomic E-state index is 11.7. The largest absolute Gasteiger partial charge is 0.466 e. The van der Waals surface area contributed by atoms with Gasteiger partial charge in [-0.3, -0.25) is 4.79 Å². The minimum Gasteiger partial charge on any atom is -0.466 e. The zero-order valence-electron chi connectivity index (χ0n) is 12.3. The first-order valence-corrected chi connectivity index (χ1v) is 6.98. The summed E-state index contributed by atoms with van der Waals surface area (Å²) < 4.78 is 14.8. The summed E-state index contributed by atoms with van der Waals surface area (Å²) in [6, 6.07) is 2.55. The minimum atomic E-state index is -0.537. The van der Waals surface area contributed by atoms with Gasteiger partial charge in [-0.05, 0) is 32.3 Å². The van der Waals surface area contributed by atoms with E-state index in [1.54, 1.807) is 0 Å². The van der Waals surface area contributed by atoms with Gasteiger partial charge in [0.15, 0.2) is 0 Å². The highest BCUT2D eigenvalue weighted by Crippen LogP contribution is 2.07. The van der Waals surface area contributed by atoms with Crippen LogP contribution >= 0.6 is 0 Å². The molecular weight excluding hydrogens is 276 g/mol. The number of unbranched alkanes of at least 4 members (excludes halogenated alkanes) is 1. The first-order valence-electron chi connectivity index (χ1n) is 6.98. The summed E-state index contributed by atoms with van der Waals surface area (Å²) in [5.41, 5.74) is -0.272. The van der Waals surface area contributed by atoms with Gasteiger partial charge >= 0.3 is 17.6 Å². The van der Waals surface area contributed by atoms with Crippen molar-refractivity contribution in [1.29, 1.82) is 0 Å². The lowest BCUT2D eigenvalue weighted by atomic mass is 10.2. The van der Waals surface area contributed by atoms with Crippen LogP contribution in [-0.2, 0) is 14.3 Å². The number of carbonyl (C=O) groups excluding carboxylic acids is 2. The molecule has 0 radical (unpaired) electrons. The first-order chi connectivity index (χ1) is 10.0. The third-order valence-corrected chi connectivity index (χ3v) is 2.71. The Labute approximate surface area is 123 Å². The van der Waals surface area contributed by atoms with E-state index in [2.05, 4.69) is 0 Å². The van der Waals surface area contributed by atoms with Gasteiger partial charge in [-0.15, -0.1) is 0 Å². The maximum Gasteiger partial charge on any atom is 0.341 e. The van der Waals surface area contributed by atoms with Gasteiger partial charge in [0.25, 0.3) is 0 Å². The van der Waals surface area contributed by atoms with Crippen LogP contribution in [0.2, 0.25) is 0 Å². The van der Waals surface area contributed by atoms with Crippen molar-refractivity contribution < 1.29 is 23.5 Å². The molecule has 1 rings (SSSR count). The Balaban J connectivity index is 2.25. The molecule has 0 bridgehead atoms. The zero-order valence-corrected chi connectivity index (χ0v) is 12.3. The monoisotopic (exact) mass is 296 g/mol. The highest BCUT2D eigenvalue weighted by molar-refractivity contribution is 5.90. The van der Waals surface area contributed by atoms with Crippen molar-refractivity contribution in [3.63, 3.8) is 0 Å². The van der Waals surface area contributed by atoms with Gasteiger partial charge < -0.3 is 13.9 Å². The number of rotatable bonds is 8. The van der Waals surface area contributed by atoms with Crippen molar-refractivity contribution in [3.05, 3.63) is 33.9 Å². The van der Waals surface area contributed by atoms with Crippen molar-refractivity contribution in [3.8, 4) is 0 Å². The second-order valence-corrected chi connectivity index (χ2v) is 4.54. The van der Waals surface area contributed by atoms with E-state index in [1.165, 1.54) is 19.1 Å². The molecule has 0 saturated heterocycles. The van der Waals surface area contributed by atoms with Crippen molar-refractivity contribution in [2.75, 3.05) is 13.2 Å². The molecule has 6 heteroatoms. The van der Waals surface area contributed by atoms with Gasteiger partial charge in [0.1, 0.15) is 5.76 Å². The molecule has 1 aromatic heterocycles. The Morgan fingerprint density at radius 3 is 2.57 bits per heavy atom. The molecule has 0 aliphatic rings. The lowest BCUT2D eigenvalue weighted by molar-refractivity contribution is -0.143. The molecule has 0 atom stereocenters. The molecule has 0 N–H and O–H groups in total. The third-order valence-electron chi connectivity index (χ3n) is 2.71. The van der Waals surface area contributed by atoms with Crippen LogP contribution in [0.3, 0.4) is 0 Å². The number of hydrogen-bond acceptors (Lipinski definition) is 6. The summed E-state index contributed by atoms with van der Waals surface area (Å²) in [4.78, 5) is 33.9. The molecule has 0 aliphatic carbocycles. The van der Waals surface area contributed by atoms with Crippen LogP contribution in [0.5, 0.6) is 0 Å². The van der Waals surface area contributed by atoms with E-state index < -0.39 is 11.6 Å². The molecule has 0 fully saturated rings. The number of ether oxygens (including phenoxy) is 2. The van der Waals surface area contributed by atoms with Crippen molar-refractivity contribution in [1.82, 2.24) is 0 Å². The van der Waals surface area contributed by atoms with E-state index in [1.807, 2.05) is 6.92 Å².